The summed E-state index contributed by atoms with van der Waals surface area (Å²) in [5.74, 6) is -0.849. The minimum Gasteiger partial charge on any atom is -0.495 e. The summed E-state index contributed by atoms with van der Waals surface area (Å²) >= 11 is 6.10. The second-order valence-electron chi connectivity index (χ2n) is 6.78. The third-order valence-electron chi connectivity index (χ3n) is 4.77. The molecule has 3 aromatic rings. The number of rotatable bonds is 5. The summed E-state index contributed by atoms with van der Waals surface area (Å²) in [5, 5.41) is 13.1. The maximum absolute atomic E-state index is 13.0. The first kappa shape index (κ1) is 21.8. The number of hydrogen-bond acceptors (Lipinski definition) is 7. The second-order valence-corrected chi connectivity index (χ2v) is 7.19. The predicted molar refractivity (Wildman–Crippen MR) is 118 cm³/mol. The van der Waals surface area contributed by atoms with Crippen molar-refractivity contribution in [1.29, 1.82) is 0 Å². The quantitative estimate of drug-likeness (QED) is 0.257. The molecule has 4 amide bonds. The third kappa shape index (κ3) is 4.19. The summed E-state index contributed by atoms with van der Waals surface area (Å²) in [6, 6.07) is 12.2. The van der Waals surface area contributed by atoms with Crippen LogP contribution in [0.15, 0.2) is 64.6 Å². The van der Waals surface area contributed by atoms with Gasteiger partial charge in [-0.15, -0.1) is 0 Å². The molecule has 4 rings (SSSR count). The highest BCUT2D eigenvalue weighted by molar-refractivity contribution is 6.39. The zero-order chi connectivity index (χ0) is 23.7. The van der Waals surface area contributed by atoms with Crippen LogP contribution in [0.4, 0.5) is 16.2 Å². The number of carbonyl (C=O) groups is 3. The lowest BCUT2D eigenvalue weighted by atomic mass is 10.1. The van der Waals surface area contributed by atoms with Gasteiger partial charge in [0.05, 0.1) is 22.7 Å². The fourth-order valence-corrected chi connectivity index (χ4v) is 3.41. The predicted octanol–water partition coefficient (Wildman–Crippen LogP) is 4.18. The van der Waals surface area contributed by atoms with Crippen LogP contribution in [0, 0.1) is 10.1 Å². The van der Waals surface area contributed by atoms with Crippen LogP contribution in [0.2, 0.25) is 5.02 Å². The summed E-state index contributed by atoms with van der Waals surface area (Å²) in [6.07, 6.45) is 1.21. The Kier molecular flexibility index (Phi) is 5.67. The van der Waals surface area contributed by atoms with Crippen LogP contribution >= 0.6 is 11.6 Å². The van der Waals surface area contributed by atoms with Crippen LogP contribution in [0.1, 0.15) is 5.76 Å². The number of nitrogens with zero attached hydrogens (tertiary/aromatic N) is 2. The summed E-state index contributed by atoms with van der Waals surface area (Å²) in [5.41, 5.74) is 0.314. The molecular weight excluding hydrogens is 454 g/mol. The number of nitro groups is 1. The summed E-state index contributed by atoms with van der Waals surface area (Å²) < 4.78 is 10.7. The molecule has 10 nitrogen and oxygen atoms in total. The molecule has 2 heterocycles. The minimum atomic E-state index is -0.922. The Morgan fingerprint density at radius 3 is 2.45 bits per heavy atom. The van der Waals surface area contributed by atoms with E-state index in [1.807, 2.05) is 0 Å². The van der Waals surface area contributed by atoms with E-state index in [1.54, 1.807) is 6.07 Å². The lowest BCUT2D eigenvalue weighted by Gasteiger charge is -2.26. The van der Waals surface area contributed by atoms with Crippen molar-refractivity contribution >= 4 is 46.9 Å². The van der Waals surface area contributed by atoms with E-state index in [1.165, 1.54) is 61.7 Å². The van der Waals surface area contributed by atoms with Crippen molar-refractivity contribution in [2.24, 2.45) is 0 Å². The van der Waals surface area contributed by atoms with Crippen LogP contribution in [0.3, 0.4) is 0 Å². The number of hydrogen-bond donors (Lipinski definition) is 1. The van der Waals surface area contributed by atoms with Gasteiger partial charge in [-0.05, 0) is 48.5 Å². The first-order valence-electron chi connectivity index (χ1n) is 9.38. The highest BCUT2D eigenvalue weighted by atomic mass is 35.5. The Labute approximate surface area is 191 Å². The number of furan rings is 1. The Balaban J connectivity index is 1.64. The van der Waals surface area contributed by atoms with E-state index < -0.39 is 22.8 Å². The molecular formula is C22H14ClN3O7. The molecule has 33 heavy (non-hydrogen) atoms. The number of methoxy groups -OCH3 is 1. The van der Waals surface area contributed by atoms with Crippen LogP contribution in [0.25, 0.3) is 17.4 Å². The number of amides is 4. The molecule has 1 fully saturated rings. The Morgan fingerprint density at radius 2 is 1.82 bits per heavy atom. The maximum Gasteiger partial charge on any atom is 0.335 e. The van der Waals surface area contributed by atoms with Crippen molar-refractivity contribution in [3.05, 3.63) is 81.1 Å². The number of halogens is 1. The number of anilines is 1. The molecule has 0 atom stereocenters. The van der Waals surface area contributed by atoms with E-state index in [9.17, 15) is 24.5 Å². The largest absolute Gasteiger partial charge is 0.495 e. The fourth-order valence-electron chi connectivity index (χ4n) is 3.16. The number of urea groups is 1. The van der Waals surface area contributed by atoms with Crippen molar-refractivity contribution in [2.45, 2.75) is 0 Å². The molecule has 0 saturated carbocycles. The van der Waals surface area contributed by atoms with Gasteiger partial charge in [-0.1, -0.05) is 11.6 Å². The number of benzene rings is 2. The standard InChI is InChI=1S/C22H14ClN3O7/c1-32-19-8-6-14(10-17(19)23)25-21(28)16(20(27)24-22(25)29)11-15-7-9-18(33-15)12-2-4-13(5-3-12)26(30)31/h2-11H,1H3,(H,24,27,29). The smallest absolute Gasteiger partial charge is 0.335 e. The Bertz CT molecular complexity index is 1330. The van der Waals surface area contributed by atoms with Gasteiger partial charge in [-0.2, -0.15) is 0 Å². The molecule has 1 aliphatic heterocycles. The van der Waals surface area contributed by atoms with Crippen molar-refractivity contribution in [3.8, 4) is 17.1 Å². The van der Waals surface area contributed by atoms with Gasteiger partial charge in [0.2, 0.25) is 0 Å². The third-order valence-corrected chi connectivity index (χ3v) is 5.07. The average Bonchev–Trinajstić information content (AvgIpc) is 3.25. The van der Waals surface area contributed by atoms with E-state index in [0.29, 0.717) is 17.1 Å². The molecule has 0 spiro atoms. The number of barbiturate groups is 1. The van der Waals surface area contributed by atoms with Crippen molar-refractivity contribution in [3.63, 3.8) is 0 Å². The molecule has 1 aromatic heterocycles. The Hall–Kier alpha value is -4.44. The molecule has 0 aliphatic carbocycles. The molecule has 1 saturated heterocycles. The topological polar surface area (TPSA) is 132 Å². The molecule has 0 radical (unpaired) electrons. The van der Waals surface area contributed by atoms with Gasteiger partial charge in [-0.3, -0.25) is 25.0 Å². The van der Waals surface area contributed by atoms with Crippen molar-refractivity contribution < 1.29 is 28.5 Å². The molecule has 1 N–H and O–H groups in total. The normalized spacial score (nSPS) is 15.0. The zero-order valence-corrected chi connectivity index (χ0v) is 17.7. The summed E-state index contributed by atoms with van der Waals surface area (Å²) in [4.78, 5) is 48.7. The highest BCUT2D eigenvalue weighted by Crippen LogP contribution is 2.31. The van der Waals surface area contributed by atoms with Crippen molar-refractivity contribution in [2.75, 3.05) is 12.0 Å². The van der Waals surface area contributed by atoms with Crippen LogP contribution in [-0.2, 0) is 9.59 Å². The first-order valence-corrected chi connectivity index (χ1v) is 9.76. The number of non-ortho nitro benzene ring substituents is 1. The van der Waals surface area contributed by atoms with E-state index in [4.69, 9.17) is 20.8 Å². The number of imide groups is 2. The van der Waals surface area contributed by atoms with Gasteiger partial charge in [0.1, 0.15) is 22.8 Å². The SMILES string of the molecule is COc1ccc(N2C(=O)NC(=O)C(=Cc3ccc(-c4ccc([N+](=O)[O-])cc4)o3)C2=O)cc1Cl. The fraction of sp³-hybridized carbons (Fsp3) is 0.0455. The van der Waals surface area contributed by atoms with Gasteiger partial charge >= 0.3 is 6.03 Å². The van der Waals surface area contributed by atoms with Gasteiger partial charge in [0.15, 0.2) is 0 Å². The molecule has 0 unspecified atom stereocenters. The van der Waals surface area contributed by atoms with E-state index >= 15 is 0 Å². The van der Waals surface area contributed by atoms with E-state index in [2.05, 4.69) is 5.32 Å². The highest BCUT2D eigenvalue weighted by Gasteiger charge is 2.37. The summed E-state index contributed by atoms with van der Waals surface area (Å²) in [6.45, 7) is 0. The van der Waals surface area contributed by atoms with E-state index in [0.717, 1.165) is 4.90 Å². The molecule has 11 heteroatoms. The average molecular weight is 468 g/mol. The van der Waals surface area contributed by atoms with Gasteiger partial charge in [-0.25, -0.2) is 9.69 Å². The van der Waals surface area contributed by atoms with Crippen LogP contribution in [0.5, 0.6) is 5.75 Å². The Morgan fingerprint density at radius 1 is 1.09 bits per heavy atom. The minimum absolute atomic E-state index is 0.0690. The second kappa shape index (κ2) is 8.60. The summed E-state index contributed by atoms with van der Waals surface area (Å²) in [7, 11) is 1.42. The maximum atomic E-state index is 13.0. The number of nitro benzene ring substituents is 1. The van der Waals surface area contributed by atoms with Crippen LogP contribution in [-0.4, -0.2) is 29.9 Å². The van der Waals surface area contributed by atoms with Crippen molar-refractivity contribution in [1.82, 2.24) is 5.32 Å². The molecule has 0 bridgehead atoms. The van der Waals surface area contributed by atoms with E-state index in [-0.39, 0.29) is 27.7 Å². The molecule has 2 aromatic carbocycles. The molecule has 166 valence electrons. The van der Waals surface area contributed by atoms with Crippen LogP contribution < -0.4 is 15.0 Å². The van der Waals surface area contributed by atoms with Gasteiger partial charge in [0, 0.05) is 17.7 Å². The molecule has 1 aliphatic rings. The zero-order valence-electron chi connectivity index (χ0n) is 16.9. The number of carbonyl (C=O) groups excluding carboxylic acids is 3. The first-order chi connectivity index (χ1) is 15.8. The van der Waals surface area contributed by atoms with Gasteiger partial charge in [0.25, 0.3) is 17.5 Å². The van der Waals surface area contributed by atoms with Gasteiger partial charge < -0.3 is 9.15 Å². The monoisotopic (exact) mass is 467 g/mol. The lowest BCUT2D eigenvalue weighted by molar-refractivity contribution is -0.384. The number of nitrogens with one attached hydrogen (secondary N) is 1. The number of ether oxygens (including phenoxy) is 1. The lowest BCUT2D eigenvalue weighted by Crippen LogP contribution is -2.54.